The molecule has 9 nitrogen and oxygen atoms in total. The van der Waals surface area contributed by atoms with Crippen LogP contribution in [0, 0.1) is 11.8 Å². The van der Waals surface area contributed by atoms with Crippen molar-refractivity contribution in [1.82, 2.24) is 4.90 Å². The summed E-state index contributed by atoms with van der Waals surface area (Å²) in [6, 6.07) is 12.7. The number of anilines is 1. The molecule has 0 unspecified atom stereocenters. The van der Waals surface area contributed by atoms with Crippen LogP contribution in [0.1, 0.15) is 33.5 Å². The van der Waals surface area contributed by atoms with Gasteiger partial charge in [-0.2, -0.15) is 13.2 Å². The minimum Gasteiger partial charge on any atom is -0.481 e. The molecule has 0 aromatic heterocycles. The molecule has 190 valence electrons. The summed E-state index contributed by atoms with van der Waals surface area (Å²) in [7, 11) is 1.60. The first kappa shape index (κ1) is 27.9. The molecule has 0 fully saturated rings. The minimum absolute atomic E-state index is 0.0312. The van der Waals surface area contributed by atoms with Gasteiger partial charge in [0.25, 0.3) is 5.91 Å². The topological polar surface area (TPSA) is 141 Å². The van der Waals surface area contributed by atoms with Gasteiger partial charge in [0.05, 0.1) is 17.7 Å². The third-order valence-electron chi connectivity index (χ3n) is 4.95. The molecule has 2 aromatic carbocycles. The molecule has 0 saturated heterocycles. The summed E-state index contributed by atoms with van der Waals surface area (Å²) in [5.74, 6) is 1.64. The van der Waals surface area contributed by atoms with Gasteiger partial charge in [-0.3, -0.25) is 14.4 Å². The number of carboxylic acid groups (broad SMARTS) is 2. The average molecular weight is 505 g/mol. The second-order valence-electron chi connectivity index (χ2n) is 7.51. The molecule has 2 amide bonds. The van der Waals surface area contributed by atoms with Crippen LogP contribution in [0.3, 0.4) is 0 Å². The molecule has 0 atom stereocenters. The average Bonchev–Trinajstić information content (AvgIpc) is 2.91. The van der Waals surface area contributed by atoms with E-state index in [1.54, 1.807) is 25.2 Å². The molecule has 0 radical (unpaired) electrons. The molecule has 3 rings (SSSR count). The Bertz CT molecular complexity index is 1220. The van der Waals surface area contributed by atoms with Crippen molar-refractivity contribution in [2.75, 3.05) is 25.0 Å². The van der Waals surface area contributed by atoms with Crippen molar-refractivity contribution in [3.8, 4) is 11.8 Å². The van der Waals surface area contributed by atoms with Crippen LogP contribution in [0.4, 0.5) is 18.9 Å². The van der Waals surface area contributed by atoms with Gasteiger partial charge < -0.3 is 25.7 Å². The molecule has 2 aromatic rings. The van der Waals surface area contributed by atoms with Crippen molar-refractivity contribution in [2.45, 2.75) is 19.1 Å². The number of carboxylic acids is 2. The van der Waals surface area contributed by atoms with Crippen LogP contribution in [0.5, 0.6) is 0 Å². The smallest absolute Gasteiger partial charge is 0.481 e. The number of nitrogens with two attached hydrogens (primary N) is 1. The number of hydrogen-bond acceptors (Lipinski definition) is 5. The fourth-order valence-electron chi connectivity index (χ4n) is 3.00. The zero-order valence-corrected chi connectivity index (χ0v) is 19.0. The normalized spacial score (nSPS) is 13.0. The van der Waals surface area contributed by atoms with E-state index < -0.39 is 18.1 Å². The Kier molecular flexibility index (Phi) is 9.18. The van der Waals surface area contributed by atoms with Crippen molar-refractivity contribution in [1.29, 1.82) is 0 Å². The number of halogens is 3. The molecule has 0 aliphatic carbocycles. The number of nitrogens with zero attached hydrogens (tertiary/aromatic N) is 2. The van der Waals surface area contributed by atoms with Gasteiger partial charge in [0.15, 0.2) is 0 Å². The highest BCUT2D eigenvalue weighted by Gasteiger charge is 2.38. The Labute approximate surface area is 203 Å². The van der Waals surface area contributed by atoms with E-state index in [0.29, 0.717) is 23.4 Å². The zero-order valence-electron chi connectivity index (χ0n) is 19.0. The number of fused-ring (bicyclic) bond motifs is 1. The van der Waals surface area contributed by atoms with E-state index in [1.165, 1.54) is 9.80 Å². The highest BCUT2D eigenvalue weighted by molar-refractivity contribution is 6.09. The molecule has 1 aliphatic rings. The van der Waals surface area contributed by atoms with Gasteiger partial charge in [0.2, 0.25) is 5.91 Å². The van der Waals surface area contributed by atoms with Gasteiger partial charge in [-0.15, -0.1) is 0 Å². The Balaban J connectivity index is 0.000000572. The first-order chi connectivity index (χ1) is 16.8. The summed E-state index contributed by atoms with van der Waals surface area (Å²) < 4.78 is 31.7. The zero-order chi connectivity index (χ0) is 27.0. The van der Waals surface area contributed by atoms with E-state index in [1.807, 2.05) is 24.3 Å². The molecular weight excluding hydrogens is 483 g/mol. The number of amides is 2. The maximum atomic E-state index is 12.9. The molecule has 36 heavy (non-hydrogen) atoms. The fourth-order valence-corrected chi connectivity index (χ4v) is 3.00. The number of carbonyl (C=O) groups is 4. The van der Waals surface area contributed by atoms with Crippen molar-refractivity contribution in [3.63, 3.8) is 0 Å². The fraction of sp³-hybridized carbons (Fsp3) is 0.250. The van der Waals surface area contributed by atoms with Crippen molar-refractivity contribution in [3.05, 3.63) is 64.7 Å². The molecule has 0 saturated carbocycles. The lowest BCUT2D eigenvalue weighted by atomic mass is 10.1. The SMILES string of the molecule is CN1C(=O)CN(CCC(=O)O)C(=O)c2cc(C#Cc3ccc(CN)cc3)ccc21.O=C(O)C(F)(F)F. The van der Waals surface area contributed by atoms with E-state index in [0.717, 1.165) is 11.1 Å². The summed E-state index contributed by atoms with van der Waals surface area (Å²) in [6.45, 7) is 0.271. The maximum absolute atomic E-state index is 12.9. The Hall–Kier alpha value is -4.37. The van der Waals surface area contributed by atoms with Crippen LogP contribution in [0.15, 0.2) is 42.5 Å². The molecule has 1 aliphatic heterocycles. The predicted molar refractivity (Wildman–Crippen MR) is 122 cm³/mol. The molecule has 0 bridgehead atoms. The van der Waals surface area contributed by atoms with Crippen LogP contribution in [-0.2, 0) is 20.9 Å². The first-order valence-corrected chi connectivity index (χ1v) is 10.4. The van der Waals surface area contributed by atoms with Gasteiger partial charge in [0.1, 0.15) is 6.54 Å². The summed E-state index contributed by atoms with van der Waals surface area (Å²) in [4.78, 5) is 47.8. The minimum atomic E-state index is -5.08. The van der Waals surface area contributed by atoms with Gasteiger partial charge in [0, 0.05) is 31.3 Å². The number of likely N-dealkylation sites (N-methyl/N-ethyl adjacent to an activating group) is 1. The number of alkyl halides is 3. The first-order valence-electron chi connectivity index (χ1n) is 10.4. The standard InChI is InChI=1S/C22H21N3O4.C2HF3O2/c1-24-19-9-8-16(5-2-15-3-6-17(13-23)7-4-15)12-18(19)22(29)25(14-20(24)26)11-10-21(27)28;3-2(4,5)1(6)7/h3-4,6-9,12H,10-11,13-14,23H2,1H3,(H,27,28);(H,6,7). The lowest BCUT2D eigenvalue weighted by molar-refractivity contribution is -0.192. The quantitative estimate of drug-likeness (QED) is 0.540. The largest absolute Gasteiger partial charge is 0.490 e. The van der Waals surface area contributed by atoms with Crippen LogP contribution in [0.2, 0.25) is 0 Å². The lowest BCUT2D eigenvalue weighted by Gasteiger charge is -2.18. The Morgan fingerprint density at radius 1 is 1.03 bits per heavy atom. The third-order valence-corrected chi connectivity index (χ3v) is 4.95. The highest BCUT2D eigenvalue weighted by atomic mass is 19.4. The van der Waals surface area contributed by atoms with Crippen LogP contribution < -0.4 is 10.6 Å². The summed E-state index contributed by atoms with van der Waals surface area (Å²) in [6.07, 6.45) is -5.31. The lowest BCUT2D eigenvalue weighted by Crippen LogP contribution is -2.38. The monoisotopic (exact) mass is 505 g/mol. The van der Waals surface area contributed by atoms with Crippen molar-refractivity contribution >= 4 is 29.4 Å². The van der Waals surface area contributed by atoms with Crippen LogP contribution in [-0.4, -0.2) is 65.2 Å². The van der Waals surface area contributed by atoms with Crippen molar-refractivity contribution in [2.24, 2.45) is 5.73 Å². The van der Waals surface area contributed by atoms with Gasteiger partial charge in [-0.1, -0.05) is 24.0 Å². The second kappa shape index (κ2) is 11.9. The molecule has 0 spiro atoms. The van der Waals surface area contributed by atoms with E-state index in [4.69, 9.17) is 20.7 Å². The van der Waals surface area contributed by atoms with Gasteiger partial charge in [-0.25, -0.2) is 4.79 Å². The maximum Gasteiger partial charge on any atom is 0.490 e. The predicted octanol–water partition coefficient (Wildman–Crippen LogP) is 2.07. The number of hydrogen-bond donors (Lipinski definition) is 3. The highest BCUT2D eigenvalue weighted by Crippen LogP contribution is 2.26. The van der Waals surface area contributed by atoms with Gasteiger partial charge in [-0.05, 0) is 35.9 Å². The molecular formula is C24H22F3N3O6. The molecule has 4 N–H and O–H groups in total. The number of carbonyl (C=O) groups excluding carboxylic acids is 2. The molecule has 12 heteroatoms. The Morgan fingerprint density at radius 3 is 2.11 bits per heavy atom. The van der Waals surface area contributed by atoms with E-state index in [9.17, 15) is 27.6 Å². The van der Waals surface area contributed by atoms with Crippen LogP contribution in [0.25, 0.3) is 0 Å². The van der Waals surface area contributed by atoms with E-state index >= 15 is 0 Å². The number of aliphatic carboxylic acids is 2. The summed E-state index contributed by atoms with van der Waals surface area (Å²) >= 11 is 0. The van der Waals surface area contributed by atoms with E-state index in [-0.39, 0.29) is 31.3 Å². The third kappa shape index (κ3) is 7.57. The number of rotatable bonds is 4. The van der Waals surface area contributed by atoms with Crippen molar-refractivity contribution < 1.29 is 42.6 Å². The number of benzene rings is 2. The molecule has 1 heterocycles. The summed E-state index contributed by atoms with van der Waals surface area (Å²) in [5, 5.41) is 16.0. The Morgan fingerprint density at radius 2 is 1.58 bits per heavy atom. The van der Waals surface area contributed by atoms with Crippen LogP contribution >= 0.6 is 0 Å². The summed E-state index contributed by atoms with van der Waals surface area (Å²) in [5.41, 5.74) is 8.86. The van der Waals surface area contributed by atoms with Gasteiger partial charge >= 0.3 is 18.1 Å². The van der Waals surface area contributed by atoms with E-state index in [2.05, 4.69) is 11.8 Å². The second-order valence-corrected chi connectivity index (χ2v) is 7.51.